The lowest BCUT2D eigenvalue weighted by Gasteiger charge is -2.37. The lowest BCUT2D eigenvalue weighted by Crippen LogP contribution is -2.44. The Labute approximate surface area is 96.5 Å². The van der Waals surface area contributed by atoms with Crippen molar-refractivity contribution in [1.29, 1.82) is 0 Å². The molecule has 1 heterocycles. The van der Waals surface area contributed by atoms with Crippen LogP contribution in [0.5, 0.6) is 0 Å². The van der Waals surface area contributed by atoms with Gasteiger partial charge in [0.1, 0.15) is 5.41 Å². The molecule has 1 atom stereocenters. The molecular formula is C12H26O2Si. The van der Waals surface area contributed by atoms with Crippen molar-refractivity contribution in [2.75, 3.05) is 13.2 Å². The normalized spacial score (nSPS) is 28.4. The van der Waals surface area contributed by atoms with Crippen LogP contribution in [0, 0.1) is 0 Å². The molecule has 0 amide bonds. The summed E-state index contributed by atoms with van der Waals surface area (Å²) in [5.74, 6) is 0. The van der Waals surface area contributed by atoms with Crippen LogP contribution in [-0.2, 0) is 9.47 Å². The van der Waals surface area contributed by atoms with E-state index in [1.807, 2.05) is 0 Å². The smallest absolute Gasteiger partial charge is 0.144 e. The van der Waals surface area contributed by atoms with Crippen LogP contribution in [0.1, 0.15) is 52.4 Å². The molecule has 1 saturated heterocycles. The van der Waals surface area contributed by atoms with E-state index in [0.29, 0.717) is 0 Å². The van der Waals surface area contributed by atoms with Crippen molar-refractivity contribution in [3.63, 3.8) is 0 Å². The van der Waals surface area contributed by atoms with E-state index in [-0.39, 0.29) is 14.9 Å². The van der Waals surface area contributed by atoms with Crippen molar-refractivity contribution >= 4 is 9.52 Å². The van der Waals surface area contributed by atoms with Gasteiger partial charge in [-0.3, -0.25) is 0 Å². The molecule has 1 unspecified atom stereocenters. The molecule has 90 valence electrons. The van der Waals surface area contributed by atoms with Gasteiger partial charge in [0.15, 0.2) is 0 Å². The summed E-state index contributed by atoms with van der Waals surface area (Å²) < 4.78 is 12.1. The van der Waals surface area contributed by atoms with Crippen molar-refractivity contribution in [1.82, 2.24) is 0 Å². The molecule has 1 fully saturated rings. The molecule has 0 spiro atoms. The number of hydrogen-bond donors (Lipinski definition) is 0. The predicted molar refractivity (Wildman–Crippen MR) is 67.0 cm³/mol. The molecule has 0 N–H and O–H groups in total. The maximum atomic E-state index is 6.05. The number of hydrogen-bond acceptors (Lipinski definition) is 2. The largest absolute Gasteiger partial charge is 0.354 e. The highest BCUT2D eigenvalue weighted by molar-refractivity contribution is 6.39. The number of unbranched alkanes of at least 4 members (excludes halogenated alkanes) is 1. The highest BCUT2D eigenvalue weighted by Crippen LogP contribution is 2.27. The average molecular weight is 230 g/mol. The summed E-state index contributed by atoms with van der Waals surface area (Å²) in [7, 11) is -0.177. The topological polar surface area (TPSA) is 18.5 Å². The zero-order chi connectivity index (χ0) is 11.0. The molecule has 2 nitrogen and oxygen atoms in total. The van der Waals surface area contributed by atoms with Gasteiger partial charge in [0, 0.05) is 13.2 Å². The molecule has 0 aromatic heterocycles. The van der Waals surface area contributed by atoms with Gasteiger partial charge in [0.2, 0.25) is 0 Å². The second kappa shape index (κ2) is 7.42. The second-order valence-electron chi connectivity index (χ2n) is 4.52. The van der Waals surface area contributed by atoms with E-state index < -0.39 is 0 Å². The molecule has 0 aromatic rings. The monoisotopic (exact) mass is 230 g/mol. The molecule has 0 radical (unpaired) electrons. The Hall–Kier alpha value is 0.137. The lowest BCUT2D eigenvalue weighted by atomic mass is 10.2. The molecule has 0 bridgehead atoms. The quantitative estimate of drug-likeness (QED) is 0.380. The van der Waals surface area contributed by atoms with Crippen molar-refractivity contribution in [2.45, 2.75) is 63.8 Å². The molecule has 3 heteroatoms. The Bertz CT molecular complexity index is 156. The van der Waals surface area contributed by atoms with Gasteiger partial charge in [0.25, 0.3) is 0 Å². The first kappa shape index (κ1) is 13.2. The molecule has 1 aliphatic heterocycles. The minimum atomic E-state index is -0.177. The average Bonchev–Trinajstić information content (AvgIpc) is 2.28. The molecule has 15 heavy (non-hydrogen) atoms. The van der Waals surface area contributed by atoms with Crippen LogP contribution in [0.15, 0.2) is 0 Å². The summed E-state index contributed by atoms with van der Waals surface area (Å²) in [4.78, 5) is 0. The molecule has 0 aromatic carbocycles. The maximum absolute atomic E-state index is 6.05. The fraction of sp³-hybridized carbons (Fsp3) is 1.00. The fourth-order valence-electron chi connectivity index (χ4n) is 2.11. The standard InChI is InChI=1S/C12H26O2Si/c1-3-5-10-14-12(13-9-4-2)8-6-7-11-15-12/h3-11,15H2,1-2H3. The Morgan fingerprint density at radius 1 is 1.07 bits per heavy atom. The maximum Gasteiger partial charge on any atom is 0.144 e. The van der Waals surface area contributed by atoms with Gasteiger partial charge in [-0.2, -0.15) is 0 Å². The van der Waals surface area contributed by atoms with Crippen LogP contribution in [0.25, 0.3) is 0 Å². The van der Waals surface area contributed by atoms with E-state index in [0.717, 1.165) is 26.1 Å². The van der Waals surface area contributed by atoms with E-state index in [1.54, 1.807) is 0 Å². The molecular weight excluding hydrogens is 204 g/mol. The number of rotatable bonds is 7. The second-order valence-corrected chi connectivity index (χ2v) is 6.81. The highest BCUT2D eigenvalue weighted by atomic mass is 28.2. The summed E-state index contributed by atoms with van der Waals surface area (Å²) in [6, 6.07) is 1.40. The minimum absolute atomic E-state index is 0.0799. The Morgan fingerprint density at radius 2 is 1.87 bits per heavy atom. The highest BCUT2D eigenvalue weighted by Gasteiger charge is 2.33. The van der Waals surface area contributed by atoms with Gasteiger partial charge in [0.05, 0.1) is 9.52 Å². The van der Waals surface area contributed by atoms with Gasteiger partial charge >= 0.3 is 0 Å². The van der Waals surface area contributed by atoms with E-state index in [9.17, 15) is 0 Å². The summed E-state index contributed by atoms with van der Waals surface area (Å²) in [6.07, 6.45) is 7.34. The van der Waals surface area contributed by atoms with Crippen LogP contribution >= 0.6 is 0 Å². The third-order valence-corrected chi connectivity index (χ3v) is 5.42. The van der Waals surface area contributed by atoms with E-state index >= 15 is 0 Å². The van der Waals surface area contributed by atoms with Gasteiger partial charge in [-0.05, 0) is 25.7 Å². The first-order chi connectivity index (χ1) is 7.33. The summed E-state index contributed by atoms with van der Waals surface area (Å²) in [5.41, 5.74) is -0.0799. The SMILES string of the molecule is CCCCOC1(OCCC)CCCC[SiH2]1. The third-order valence-electron chi connectivity index (χ3n) is 3.05. The summed E-state index contributed by atoms with van der Waals surface area (Å²) in [5, 5.41) is 0. The van der Waals surface area contributed by atoms with Crippen molar-refractivity contribution < 1.29 is 9.47 Å². The zero-order valence-electron chi connectivity index (χ0n) is 10.4. The van der Waals surface area contributed by atoms with Crippen LogP contribution in [0.3, 0.4) is 0 Å². The lowest BCUT2D eigenvalue weighted by molar-refractivity contribution is -0.188. The first-order valence-electron chi connectivity index (χ1n) is 6.61. The van der Waals surface area contributed by atoms with Crippen molar-refractivity contribution in [3.05, 3.63) is 0 Å². The Morgan fingerprint density at radius 3 is 2.47 bits per heavy atom. The molecule has 0 saturated carbocycles. The molecule has 1 aliphatic rings. The molecule has 0 aliphatic carbocycles. The minimum Gasteiger partial charge on any atom is -0.354 e. The van der Waals surface area contributed by atoms with Crippen LogP contribution < -0.4 is 0 Å². The molecule has 1 rings (SSSR count). The van der Waals surface area contributed by atoms with Gasteiger partial charge in [-0.1, -0.05) is 32.7 Å². The predicted octanol–water partition coefficient (Wildman–Crippen LogP) is 2.65. The first-order valence-corrected chi connectivity index (χ1v) is 8.31. The van der Waals surface area contributed by atoms with Gasteiger partial charge in [-0.15, -0.1) is 0 Å². The van der Waals surface area contributed by atoms with Crippen LogP contribution in [-0.4, -0.2) is 28.1 Å². The van der Waals surface area contributed by atoms with Crippen LogP contribution in [0.2, 0.25) is 6.04 Å². The Kier molecular flexibility index (Phi) is 6.53. The third kappa shape index (κ3) is 4.66. The van der Waals surface area contributed by atoms with E-state index in [1.165, 1.54) is 31.7 Å². The van der Waals surface area contributed by atoms with E-state index in [4.69, 9.17) is 9.47 Å². The zero-order valence-corrected chi connectivity index (χ0v) is 11.8. The Balaban J connectivity index is 2.35. The van der Waals surface area contributed by atoms with Crippen molar-refractivity contribution in [3.8, 4) is 0 Å². The summed E-state index contributed by atoms with van der Waals surface area (Å²) >= 11 is 0. The van der Waals surface area contributed by atoms with Gasteiger partial charge < -0.3 is 9.47 Å². The van der Waals surface area contributed by atoms with Crippen molar-refractivity contribution in [2.24, 2.45) is 0 Å². The van der Waals surface area contributed by atoms with Crippen LogP contribution in [0.4, 0.5) is 0 Å². The number of ether oxygens (including phenoxy) is 2. The summed E-state index contributed by atoms with van der Waals surface area (Å²) in [6.45, 7) is 6.15. The fourth-order valence-corrected chi connectivity index (χ4v) is 4.33. The van der Waals surface area contributed by atoms with E-state index in [2.05, 4.69) is 13.8 Å². The van der Waals surface area contributed by atoms with Gasteiger partial charge in [-0.25, -0.2) is 0 Å².